The number of hydrogen-bond donors (Lipinski definition) is 1. The lowest BCUT2D eigenvalue weighted by Gasteiger charge is -2.34. The second-order valence-electron chi connectivity index (χ2n) is 8.49. The van der Waals surface area contributed by atoms with Gasteiger partial charge in [-0.1, -0.05) is 44.2 Å². The molecule has 30 heavy (non-hydrogen) atoms. The first-order chi connectivity index (χ1) is 14.2. The molecule has 1 N–H and O–H groups in total. The third-order valence-corrected chi connectivity index (χ3v) is 6.19. The quantitative estimate of drug-likeness (QED) is 0.758. The van der Waals surface area contributed by atoms with E-state index in [1.807, 2.05) is 20.8 Å². The smallest absolute Gasteiger partial charge is 0.226 e. The normalized spacial score (nSPS) is 15.3. The highest BCUT2D eigenvalue weighted by Gasteiger charge is 2.23. The number of hydrogen-bond acceptors (Lipinski definition) is 6. The third kappa shape index (κ3) is 6.30. The summed E-state index contributed by atoms with van der Waals surface area (Å²) in [5, 5.41) is 12.2. The van der Waals surface area contributed by atoms with Crippen molar-refractivity contribution in [2.75, 3.05) is 31.5 Å². The maximum Gasteiger partial charge on any atom is 0.226 e. The number of benzene rings is 1. The monoisotopic (exact) mass is 433 g/mol. The SMILES string of the molecule is CC(C)(C)c1nnc(NC(=O)CCC(=O)N2CCN(Cc3ccc(F)cc3)CC2)s1. The number of nitrogens with zero attached hydrogens (tertiary/aromatic N) is 4. The molecule has 1 aromatic carbocycles. The van der Waals surface area contributed by atoms with Crippen molar-refractivity contribution >= 4 is 28.3 Å². The van der Waals surface area contributed by atoms with Crippen molar-refractivity contribution in [3.8, 4) is 0 Å². The van der Waals surface area contributed by atoms with Gasteiger partial charge in [0.2, 0.25) is 16.9 Å². The van der Waals surface area contributed by atoms with Crippen molar-refractivity contribution in [1.82, 2.24) is 20.0 Å². The zero-order chi connectivity index (χ0) is 21.7. The summed E-state index contributed by atoms with van der Waals surface area (Å²) in [6.45, 7) is 9.64. The number of aromatic nitrogens is 2. The molecule has 2 aromatic rings. The van der Waals surface area contributed by atoms with Crippen LogP contribution in [0.15, 0.2) is 24.3 Å². The molecule has 0 saturated carbocycles. The van der Waals surface area contributed by atoms with Gasteiger partial charge in [0.25, 0.3) is 0 Å². The highest BCUT2D eigenvalue weighted by Crippen LogP contribution is 2.27. The van der Waals surface area contributed by atoms with Gasteiger partial charge in [-0.05, 0) is 17.7 Å². The summed E-state index contributed by atoms with van der Waals surface area (Å²) in [7, 11) is 0. The van der Waals surface area contributed by atoms with E-state index in [-0.39, 0.29) is 35.9 Å². The molecule has 1 saturated heterocycles. The highest BCUT2D eigenvalue weighted by molar-refractivity contribution is 7.15. The molecule has 0 unspecified atom stereocenters. The average molecular weight is 434 g/mol. The van der Waals surface area contributed by atoms with Crippen LogP contribution >= 0.6 is 11.3 Å². The number of amides is 2. The van der Waals surface area contributed by atoms with Gasteiger partial charge in [0, 0.05) is 51.0 Å². The predicted molar refractivity (Wildman–Crippen MR) is 115 cm³/mol. The van der Waals surface area contributed by atoms with E-state index in [0.717, 1.165) is 30.2 Å². The fourth-order valence-electron chi connectivity index (χ4n) is 3.14. The van der Waals surface area contributed by atoms with Gasteiger partial charge < -0.3 is 10.2 Å². The van der Waals surface area contributed by atoms with Crippen molar-refractivity contribution in [1.29, 1.82) is 0 Å². The van der Waals surface area contributed by atoms with Crippen LogP contribution in [0.4, 0.5) is 9.52 Å². The topological polar surface area (TPSA) is 78.4 Å². The van der Waals surface area contributed by atoms with Gasteiger partial charge >= 0.3 is 0 Å². The van der Waals surface area contributed by atoms with E-state index in [9.17, 15) is 14.0 Å². The minimum Gasteiger partial charge on any atom is -0.340 e. The summed E-state index contributed by atoms with van der Waals surface area (Å²) < 4.78 is 13.0. The Morgan fingerprint density at radius 1 is 1.07 bits per heavy atom. The molecule has 0 aliphatic carbocycles. The molecule has 0 radical (unpaired) electrons. The maximum atomic E-state index is 13.0. The first kappa shape index (κ1) is 22.3. The van der Waals surface area contributed by atoms with E-state index in [4.69, 9.17) is 0 Å². The van der Waals surface area contributed by atoms with E-state index < -0.39 is 0 Å². The van der Waals surface area contributed by atoms with Crippen molar-refractivity contribution in [2.45, 2.75) is 45.6 Å². The summed E-state index contributed by atoms with van der Waals surface area (Å²) in [5.74, 6) is -0.479. The van der Waals surface area contributed by atoms with Crippen molar-refractivity contribution < 1.29 is 14.0 Å². The Hall–Kier alpha value is -2.39. The predicted octanol–water partition coefficient (Wildman–Crippen LogP) is 3.04. The Kier molecular flexibility index (Phi) is 7.14. The molecule has 1 aliphatic heterocycles. The van der Waals surface area contributed by atoms with Crippen LogP contribution in [0.3, 0.4) is 0 Å². The number of carbonyl (C=O) groups is 2. The minimum atomic E-state index is -0.237. The van der Waals surface area contributed by atoms with Gasteiger partial charge in [0.1, 0.15) is 10.8 Å². The zero-order valence-electron chi connectivity index (χ0n) is 17.7. The fourth-order valence-corrected chi connectivity index (χ4v) is 3.96. The largest absolute Gasteiger partial charge is 0.340 e. The lowest BCUT2D eigenvalue weighted by atomic mass is 9.98. The Labute approximate surface area is 180 Å². The number of nitrogens with one attached hydrogen (secondary N) is 1. The van der Waals surface area contributed by atoms with E-state index in [2.05, 4.69) is 20.4 Å². The van der Waals surface area contributed by atoms with Gasteiger partial charge in [-0.3, -0.25) is 14.5 Å². The number of rotatable bonds is 6. The second kappa shape index (κ2) is 9.61. The van der Waals surface area contributed by atoms with Gasteiger partial charge in [-0.15, -0.1) is 10.2 Å². The maximum absolute atomic E-state index is 13.0. The van der Waals surface area contributed by atoms with Crippen LogP contribution < -0.4 is 5.32 Å². The van der Waals surface area contributed by atoms with Gasteiger partial charge in [0.15, 0.2) is 0 Å². The number of piperazine rings is 1. The minimum absolute atomic E-state index is 0.0146. The molecule has 0 spiro atoms. The number of anilines is 1. The summed E-state index contributed by atoms with van der Waals surface area (Å²) in [6, 6.07) is 6.50. The lowest BCUT2D eigenvalue weighted by molar-refractivity contribution is -0.134. The van der Waals surface area contributed by atoms with Gasteiger partial charge in [-0.2, -0.15) is 0 Å². The van der Waals surface area contributed by atoms with E-state index in [1.54, 1.807) is 17.0 Å². The molecule has 3 rings (SSSR count). The second-order valence-corrected chi connectivity index (χ2v) is 9.47. The molecule has 1 aliphatic rings. The van der Waals surface area contributed by atoms with Crippen molar-refractivity contribution in [3.63, 3.8) is 0 Å². The van der Waals surface area contributed by atoms with Crippen LogP contribution in [0.25, 0.3) is 0 Å². The Morgan fingerprint density at radius 2 is 1.73 bits per heavy atom. The van der Waals surface area contributed by atoms with Crippen LogP contribution in [0.2, 0.25) is 0 Å². The number of carbonyl (C=O) groups excluding carboxylic acids is 2. The fraction of sp³-hybridized carbons (Fsp3) is 0.524. The number of halogens is 1. The first-order valence-corrected chi connectivity index (χ1v) is 10.9. The Bertz CT molecular complexity index is 870. The van der Waals surface area contributed by atoms with E-state index >= 15 is 0 Å². The summed E-state index contributed by atoms with van der Waals surface area (Å²) in [6.07, 6.45) is 0.299. The van der Waals surface area contributed by atoms with Gasteiger partial charge in [0.05, 0.1) is 0 Å². The summed E-state index contributed by atoms with van der Waals surface area (Å²) in [4.78, 5) is 28.7. The summed E-state index contributed by atoms with van der Waals surface area (Å²) >= 11 is 1.36. The molecule has 2 amide bonds. The average Bonchev–Trinajstić information content (AvgIpc) is 3.17. The Balaban J connectivity index is 1.38. The van der Waals surface area contributed by atoms with Crippen LogP contribution in [-0.2, 0) is 21.5 Å². The first-order valence-electron chi connectivity index (χ1n) is 10.1. The Morgan fingerprint density at radius 3 is 2.33 bits per heavy atom. The zero-order valence-corrected chi connectivity index (χ0v) is 18.5. The van der Waals surface area contributed by atoms with Crippen molar-refractivity contribution in [2.24, 2.45) is 0 Å². The molecule has 2 heterocycles. The molecule has 1 fully saturated rings. The lowest BCUT2D eigenvalue weighted by Crippen LogP contribution is -2.48. The van der Waals surface area contributed by atoms with Crippen LogP contribution in [0, 0.1) is 5.82 Å². The third-order valence-electron chi connectivity index (χ3n) is 4.92. The van der Waals surface area contributed by atoms with Gasteiger partial charge in [-0.25, -0.2) is 4.39 Å². The molecule has 0 bridgehead atoms. The van der Waals surface area contributed by atoms with Crippen LogP contribution in [0.5, 0.6) is 0 Å². The molecule has 7 nitrogen and oxygen atoms in total. The van der Waals surface area contributed by atoms with Crippen LogP contribution in [0.1, 0.15) is 44.2 Å². The van der Waals surface area contributed by atoms with E-state index in [0.29, 0.717) is 18.2 Å². The van der Waals surface area contributed by atoms with Crippen molar-refractivity contribution in [3.05, 3.63) is 40.7 Å². The summed E-state index contributed by atoms with van der Waals surface area (Å²) in [5.41, 5.74) is 0.939. The van der Waals surface area contributed by atoms with Crippen LogP contribution in [-0.4, -0.2) is 58.0 Å². The molecule has 1 aromatic heterocycles. The standard InChI is InChI=1S/C21H28FN5O2S/c1-21(2,3)19-24-25-20(30-19)23-17(28)8-9-18(29)27-12-10-26(11-13-27)14-15-4-6-16(22)7-5-15/h4-7H,8-14H2,1-3H3,(H,23,25,28). The molecule has 162 valence electrons. The molecular weight excluding hydrogens is 405 g/mol. The van der Waals surface area contributed by atoms with E-state index in [1.165, 1.54) is 23.5 Å². The highest BCUT2D eigenvalue weighted by atomic mass is 32.1. The molecule has 0 atom stereocenters. The molecular formula is C21H28FN5O2S. The molecule has 9 heteroatoms.